The quantitative estimate of drug-likeness (QED) is 0.188. The number of esters is 1. The number of fused-ring (bicyclic) bond motifs is 1. The van der Waals surface area contributed by atoms with Gasteiger partial charge in [0.05, 0.1) is 32.7 Å². The van der Waals surface area contributed by atoms with Crippen LogP contribution in [0.4, 0.5) is 5.95 Å². The second kappa shape index (κ2) is 11.6. The molecule has 0 saturated carbocycles. The van der Waals surface area contributed by atoms with Gasteiger partial charge in [-0.05, 0) is 44.5 Å². The van der Waals surface area contributed by atoms with E-state index in [1.54, 1.807) is 30.6 Å². The lowest BCUT2D eigenvalue weighted by molar-refractivity contribution is -0.142. The number of carbonyl (C=O) groups is 1. The van der Waals surface area contributed by atoms with Gasteiger partial charge in [-0.25, -0.2) is 9.55 Å². The van der Waals surface area contributed by atoms with Gasteiger partial charge in [0.2, 0.25) is 11.8 Å². The summed E-state index contributed by atoms with van der Waals surface area (Å²) in [5.41, 5.74) is 6.96. The zero-order chi connectivity index (χ0) is 26.6. The first-order chi connectivity index (χ1) is 17.7. The standard InChI is InChI=1S/C23H28BrN6O6P/c1-4-34-21-19-20(27-23(25)28-21)30(13-26-19)17-8-5-15(11-17)12-35-37(32,29-14(2)22(31)33-3)36-18-9-6-16(24)7-10-18/h5-10,13-15,17H,4,11-12H2,1-3H3,(H,29,32)(H2,25,27,28)/t14-,15+,17-,37?/m0/s1. The number of ether oxygens (including phenoxy) is 2. The number of nitrogens with two attached hydrogens (primary N) is 1. The van der Waals surface area contributed by atoms with Crippen molar-refractivity contribution in [3.63, 3.8) is 0 Å². The summed E-state index contributed by atoms with van der Waals surface area (Å²) in [7, 11) is -2.69. The van der Waals surface area contributed by atoms with Crippen molar-refractivity contribution in [1.29, 1.82) is 0 Å². The number of nitrogens with zero attached hydrogens (tertiary/aromatic N) is 4. The molecule has 1 aliphatic rings. The van der Waals surface area contributed by atoms with E-state index in [1.807, 2.05) is 23.6 Å². The molecular formula is C23H28BrN6O6P. The molecule has 4 atom stereocenters. The molecule has 0 fully saturated rings. The molecule has 0 saturated heterocycles. The van der Waals surface area contributed by atoms with Crippen LogP contribution in [-0.2, 0) is 18.6 Å². The summed E-state index contributed by atoms with van der Waals surface area (Å²) in [6, 6.07) is 5.78. The summed E-state index contributed by atoms with van der Waals surface area (Å²) in [5.74, 6) is 0.0656. The Kier molecular flexibility index (Phi) is 8.48. The van der Waals surface area contributed by atoms with Gasteiger partial charge in [0, 0.05) is 10.4 Å². The second-order valence-electron chi connectivity index (χ2n) is 8.30. The minimum atomic E-state index is -3.94. The van der Waals surface area contributed by atoms with E-state index in [0.29, 0.717) is 35.8 Å². The van der Waals surface area contributed by atoms with E-state index in [4.69, 9.17) is 24.3 Å². The minimum Gasteiger partial charge on any atom is -0.476 e. The van der Waals surface area contributed by atoms with E-state index >= 15 is 0 Å². The van der Waals surface area contributed by atoms with Gasteiger partial charge in [0.1, 0.15) is 11.8 Å². The highest BCUT2D eigenvalue weighted by Crippen LogP contribution is 2.46. The zero-order valence-electron chi connectivity index (χ0n) is 20.5. The summed E-state index contributed by atoms with van der Waals surface area (Å²) < 4.78 is 38.1. The Hall–Kier alpha value is -2.99. The van der Waals surface area contributed by atoms with Crippen LogP contribution < -0.4 is 20.1 Å². The molecule has 37 heavy (non-hydrogen) atoms. The van der Waals surface area contributed by atoms with E-state index in [9.17, 15) is 9.36 Å². The highest BCUT2D eigenvalue weighted by Gasteiger charge is 2.34. The normalized spacial score (nSPS) is 19.5. The zero-order valence-corrected chi connectivity index (χ0v) is 23.0. The van der Waals surface area contributed by atoms with E-state index in [2.05, 4.69) is 36.0 Å². The average Bonchev–Trinajstić information content (AvgIpc) is 3.51. The molecule has 1 unspecified atom stereocenters. The van der Waals surface area contributed by atoms with Crippen molar-refractivity contribution in [2.24, 2.45) is 5.92 Å². The van der Waals surface area contributed by atoms with Crippen LogP contribution in [-0.4, -0.2) is 51.9 Å². The van der Waals surface area contributed by atoms with Gasteiger partial charge in [-0.15, -0.1) is 0 Å². The SMILES string of the molecule is CCOc1nc(N)nc2c1ncn2[C@H]1C=C[C@@H](COP(=O)(N[C@@H](C)C(=O)OC)Oc2ccc(Br)cc2)C1. The maximum Gasteiger partial charge on any atom is 0.459 e. The predicted molar refractivity (Wildman–Crippen MR) is 140 cm³/mol. The maximum atomic E-state index is 13.6. The smallest absolute Gasteiger partial charge is 0.459 e. The van der Waals surface area contributed by atoms with Crippen molar-refractivity contribution >= 4 is 46.8 Å². The summed E-state index contributed by atoms with van der Waals surface area (Å²) in [6.07, 6.45) is 6.27. The molecule has 0 bridgehead atoms. The number of allylic oxidation sites excluding steroid dienone is 1. The number of benzene rings is 1. The van der Waals surface area contributed by atoms with Gasteiger partial charge in [-0.1, -0.05) is 28.1 Å². The lowest BCUT2D eigenvalue weighted by Gasteiger charge is -2.24. The fourth-order valence-electron chi connectivity index (χ4n) is 3.85. The molecule has 3 N–H and O–H groups in total. The number of halogens is 1. The molecule has 2 aromatic heterocycles. The number of imidazole rings is 1. The molecule has 1 aromatic carbocycles. The first kappa shape index (κ1) is 27.1. The third kappa shape index (κ3) is 6.48. The first-order valence-electron chi connectivity index (χ1n) is 11.6. The van der Waals surface area contributed by atoms with E-state index in [0.717, 1.165) is 4.47 Å². The molecule has 1 aliphatic carbocycles. The van der Waals surface area contributed by atoms with Crippen molar-refractivity contribution in [1.82, 2.24) is 24.6 Å². The average molecular weight is 595 g/mol. The van der Waals surface area contributed by atoms with E-state index < -0.39 is 19.8 Å². The van der Waals surface area contributed by atoms with E-state index in [-0.39, 0.29) is 24.5 Å². The minimum absolute atomic E-state index is 0.0790. The summed E-state index contributed by atoms with van der Waals surface area (Å²) in [6.45, 7) is 3.87. The number of nitrogens with one attached hydrogen (secondary N) is 1. The number of aromatic nitrogens is 4. The molecule has 4 rings (SSSR count). The fraction of sp³-hybridized carbons (Fsp3) is 0.391. The summed E-state index contributed by atoms with van der Waals surface area (Å²) in [4.78, 5) is 24.8. The van der Waals surface area contributed by atoms with Crippen LogP contribution in [0, 0.1) is 5.92 Å². The number of methoxy groups -OCH3 is 1. The predicted octanol–water partition coefficient (Wildman–Crippen LogP) is 4.04. The topological polar surface area (TPSA) is 153 Å². The first-order valence-corrected chi connectivity index (χ1v) is 13.9. The third-order valence-corrected chi connectivity index (χ3v) is 7.77. The van der Waals surface area contributed by atoms with Gasteiger partial charge in [0.15, 0.2) is 11.2 Å². The largest absolute Gasteiger partial charge is 0.476 e. The van der Waals surface area contributed by atoms with Crippen LogP contribution >= 0.6 is 23.7 Å². The summed E-state index contributed by atoms with van der Waals surface area (Å²) in [5, 5.41) is 2.66. The lowest BCUT2D eigenvalue weighted by Crippen LogP contribution is -2.34. The Morgan fingerprint density at radius 2 is 2.05 bits per heavy atom. The van der Waals surface area contributed by atoms with E-state index in [1.165, 1.54) is 14.0 Å². The number of carbonyl (C=O) groups excluding carboxylic acids is 1. The Morgan fingerprint density at radius 1 is 1.30 bits per heavy atom. The Labute approximate surface area is 222 Å². The Bertz CT molecular complexity index is 1330. The molecule has 198 valence electrons. The molecule has 0 aliphatic heterocycles. The van der Waals surface area contributed by atoms with Crippen molar-refractivity contribution < 1.29 is 27.9 Å². The van der Waals surface area contributed by atoms with Crippen LogP contribution in [0.1, 0.15) is 26.3 Å². The van der Waals surface area contributed by atoms with Crippen molar-refractivity contribution in [3.05, 3.63) is 47.2 Å². The number of hydrogen-bond acceptors (Lipinski definition) is 10. The van der Waals surface area contributed by atoms with Crippen molar-refractivity contribution in [2.45, 2.75) is 32.4 Å². The van der Waals surface area contributed by atoms with Crippen LogP contribution in [0.2, 0.25) is 0 Å². The third-order valence-electron chi connectivity index (χ3n) is 5.60. The van der Waals surface area contributed by atoms with Crippen LogP contribution in [0.5, 0.6) is 11.6 Å². The number of nitrogen functional groups attached to an aromatic ring is 1. The van der Waals surface area contributed by atoms with Crippen LogP contribution in [0.3, 0.4) is 0 Å². The number of hydrogen-bond donors (Lipinski definition) is 2. The second-order valence-corrected chi connectivity index (χ2v) is 10.9. The van der Waals surface area contributed by atoms with Crippen LogP contribution in [0.15, 0.2) is 47.2 Å². The monoisotopic (exact) mass is 594 g/mol. The van der Waals surface area contributed by atoms with Crippen LogP contribution in [0.25, 0.3) is 11.2 Å². The molecule has 0 spiro atoms. The highest BCUT2D eigenvalue weighted by molar-refractivity contribution is 9.10. The van der Waals surface area contributed by atoms with Crippen molar-refractivity contribution in [3.8, 4) is 11.6 Å². The van der Waals surface area contributed by atoms with Gasteiger partial charge < -0.3 is 24.3 Å². The molecule has 12 nitrogen and oxygen atoms in total. The van der Waals surface area contributed by atoms with Crippen molar-refractivity contribution in [2.75, 3.05) is 26.1 Å². The van der Waals surface area contributed by atoms with Gasteiger partial charge >= 0.3 is 13.7 Å². The Balaban J connectivity index is 1.47. The fourth-order valence-corrected chi connectivity index (χ4v) is 5.67. The molecular weight excluding hydrogens is 567 g/mol. The number of rotatable bonds is 11. The number of anilines is 1. The molecule has 0 radical (unpaired) electrons. The maximum absolute atomic E-state index is 13.6. The molecule has 2 heterocycles. The molecule has 3 aromatic rings. The lowest BCUT2D eigenvalue weighted by atomic mass is 10.1. The molecule has 0 amide bonds. The highest BCUT2D eigenvalue weighted by atomic mass is 79.9. The van der Waals surface area contributed by atoms with Gasteiger partial charge in [-0.2, -0.15) is 15.1 Å². The Morgan fingerprint density at radius 3 is 2.76 bits per heavy atom. The van der Waals surface area contributed by atoms with Gasteiger partial charge in [0.25, 0.3) is 0 Å². The molecule has 14 heteroatoms. The van der Waals surface area contributed by atoms with Gasteiger partial charge in [-0.3, -0.25) is 9.32 Å². The summed E-state index contributed by atoms with van der Waals surface area (Å²) >= 11 is 3.35.